The van der Waals surface area contributed by atoms with Crippen LogP contribution >= 0.6 is 0 Å². The normalized spacial score (nSPS) is 19.5. The van der Waals surface area contributed by atoms with E-state index in [0.29, 0.717) is 16.0 Å². The number of hydrogen-bond acceptors (Lipinski definition) is 5. The number of Topliss-reactive ketones (excluding diaryl/α,β-unsaturated/α-hetero) is 1. The molecule has 0 radical (unpaired) electrons. The van der Waals surface area contributed by atoms with E-state index < -0.39 is 47.2 Å². The maximum Gasteiger partial charge on any atom is 0.416 e. The molecule has 0 aliphatic carbocycles. The van der Waals surface area contributed by atoms with Gasteiger partial charge < -0.3 is 0 Å². The summed E-state index contributed by atoms with van der Waals surface area (Å²) in [6, 6.07) is 20.7. The Morgan fingerprint density at radius 2 is 1.46 bits per heavy atom. The maximum atomic E-state index is 13.8. The summed E-state index contributed by atoms with van der Waals surface area (Å²) in [5.41, 5.74) is 2.61. The van der Waals surface area contributed by atoms with Crippen molar-refractivity contribution in [1.29, 1.82) is 0 Å². The van der Waals surface area contributed by atoms with Crippen LogP contribution in [0.2, 0.25) is 0 Å². The van der Waals surface area contributed by atoms with E-state index >= 15 is 0 Å². The molecular weight excluding hydrogens is 459 g/mol. The number of nitrogens with one attached hydrogen (secondary N) is 1. The van der Waals surface area contributed by atoms with E-state index in [1.807, 2.05) is 12.1 Å². The third kappa shape index (κ3) is 3.88. The van der Waals surface area contributed by atoms with Crippen molar-refractivity contribution in [2.45, 2.75) is 18.1 Å². The van der Waals surface area contributed by atoms with Crippen LogP contribution in [0.5, 0.6) is 0 Å². The van der Waals surface area contributed by atoms with Gasteiger partial charge in [0.2, 0.25) is 5.91 Å². The fraction of sp³-hybridized carbons (Fsp3) is 0.154. The molecule has 35 heavy (non-hydrogen) atoms. The number of alkyl halides is 3. The van der Waals surface area contributed by atoms with Crippen LogP contribution in [0.15, 0.2) is 90.0 Å². The smallest absolute Gasteiger partial charge is 0.296 e. The average molecular weight is 477 g/mol. The van der Waals surface area contributed by atoms with Crippen LogP contribution in [-0.4, -0.2) is 29.4 Å². The highest BCUT2D eigenvalue weighted by Gasteiger charge is 2.56. The molecule has 0 unspecified atom stereocenters. The number of ketones is 1. The average Bonchev–Trinajstić information content (AvgIpc) is 3.40. The van der Waals surface area contributed by atoms with Gasteiger partial charge in [0.25, 0.3) is 5.91 Å². The second-order valence-electron chi connectivity index (χ2n) is 8.26. The zero-order valence-electron chi connectivity index (χ0n) is 18.1. The number of hydrazone groups is 1. The summed E-state index contributed by atoms with van der Waals surface area (Å²) in [4.78, 5) is 40.8. The molecule has 2 aliphatic rings. The van der Waals surface area contributed by atoms with Gasteiger partial charge in [-0.25, -0.2) is 4.90 Å². The molecule has 2 aliphatic heterocycles. The SMILES string of the molecule is O=C(C1=NN[C@H]2C(=O)N(c3cccc(C(F)(F)F)c3)C(=O)[C@H]12)C(c1ccccc1)c1ccccc1. The van der Waals surface area contributed by atoms with Gasteiger partial charge in [0.1, 0.15) is 17.7 Å². The van der Waals surface area contributed by atoms with Crippen LogP contribution in [0.25, 0.3) is 0 Å². The number of carbonyl (C=O) groups is 3. The number of hydrogen-bond donors (Lipinski definition) is 1. The number of halogens is 3. The van der Waals surface area contributed by atoms with Crippen LogP contribution in [0.4, 0.5) is 18.9 Å². The molecule has 3 aromatic rings. The van der Waals surface area contributed by atoms with Gasteiger partial charge in [-0.2, -0.15) is 18.3 Å². The fourth-order valence-electron chi connectivity index (χ4n) is 4.50. The van der Waals surface area contributed by atoms with Crippen molar-refractivity contribution in [3.8, 4) is 0 Å². The van der Waals surface area contributed by atoms with Crippen molar-refractivity contribution >= 4 is 29.0 Å². The Morgan fingerprint density at radius 1 is 0.857 bits per heavy atom. The highest BCUT2D eigenvalue weighted by atomic mass is 19.4. The zero-order valence-corrected chi connectivity index (χ0v) is 18.1. The first-order valence-electron chi connectivity index (χ1n) is 10.8. The van der Waals surface area contributed by atoms with Crippen LogP contribution in [0.1, 0.15) is 22.6 Å². The van der Waals surface area contributed by atoms with E-state index in [4.69, 9.17) is 0 Å². The van der Waals surface area contributed by atoms with E-state index in [1.54, 1.807) is 48.5 Å². The molecule has 5 rings (SSSR count). The summed E-state index contributed by atoms with van der Waals surface area (Å²) in [6.45, 7) is 0. The molecule has 0 saturated carbocycles. The molecule has 2 heterocycles. The predicted octanol–water partition coefficient (Wildman–Crippen LogP) is 3.92. The predicted molar refractivity (Wildman–Crippen MR) is 122 cm³/mol. The van der Waals surface area contributed by atoms with Gasteiger partial charge in [0, 0.05) is 0 Å². The van der Waals surface area contributed by atoms with Crippen molar-refractivity contribution in [1.82, 2.24) is 5.43 Å². The number of amides is 2. The standard InChI is InChI=1S/C26H18F3N3O3/c27-26(28,29)17-12-7-13-18(14-17)32-24(34)20-21(30-31-22(20)25(32)35)23(33)19(15-8-3-1-4-9-15)16-10-5-2-6-11-16/h1-14,19-20,22,31H/t20-,22-/m1/s1. The monoisotopic (exact) mass is 477 g/mol. The van der Waals surface area contributed by atoms with Crippen LogP contribution in [0.3, 0.4) is 0 Å². The Labute approximate surface area is 198 Å². The first kappa shape index (κ1) is 22.5. The molecule has 2 amide bonds. The summed E-state index contributed by atoms with van der Waals surface area (Å²) in [7, 11) is 0. The lowest BCUT2D eigenvalue weighted by atomic mass is 9.82. The Morgan fingerprint density at radius 3 is 2.03 bits per heavy atom. The molecule has 176 valence electrons. The van der Waals surface area contributed by atoms with Gasteiger partial charge in [-0.3, -0.25) is 19.8 Å². The molecular formula is C26H18F3N3O3. The van der Waals surface area contributed by atoms with E-state index in [9.17, 15) is 27.6 Å². The molecule has 2 atom stereocenters. The molecule has 9 heteroatoms. The van der Waals surface area contributed by atoms with Crippen LogP contribution in [0, 0.1) is 5.92 Å². The Kier molecular flexibility index (Phi) is 5.47. The second-order valence-corrected chi connectivity index (χ2v) is 8.26. The number of rotatable bonds is 5. The minimum absolute atomic E-state index is 0.125. The van der Waals surface area contributed by atoms with Crippen molar-refractivity contribution in [3.63, 3.8) is 0 Å². The summed E-state index contributed by atoms with van der Waals surface area (Å²) >= 11 is 0. The van der Waals surface area contributed by atoms with E-state index in [2.05, 4.69) is 10.5 Å². The van der Waals surface area contributed by atoms with Crippen molar-refractivity contribution in [3.05, 3.63) is 102 Å². The van der Waals surface area contributed by atoms with Crippen LogP contribution < -0.4 is 10.3 Å². The molecule has 3 aromatic carbocycles. The molecule has 1 N–H and O–H groups in total. The van der Waals surface area contributed by atoms with Crippen molar-refractivity contribution in [2.75, 3.05) is 4.90 Å². The fourth-order valence-corrected chi connectivity index (χ4v) is 4.50. The first-order valence-corrected chi connectivity index (χ1v) is 10.8. The zero-order chi connectivity index (χ0) is 24.7. The lowest BCUT2D eigenvalue weighted by Gasteiger charge is -2.19. The van der Waals surface area contributed by atoms with Gasteiger partial charge in [0.15, 0.2) is 5.78 Å². The van der Waals surface area contributed by atoms with Gasteiger partial charge >= 0.3 is 6.18 Å². The number of fused-ring (bicyclic) bond motifs is 1. The van der Waals surface area contributed by atoms with Gasteiger partial charge in [-0.05, 0) is 29.3 Å². The number of carbonyl (C=O) groups excluding carboxylic acids is 3. The van der Waals surface area contributed by atoms with E-state index in [0.717, 1.165) is 18.2 Å². The first-order chi connectivity index (χ1) is 16.8. The van der Waals surface area contributed by atoms with Gasteiger partial charge in [-0.15, -0.1) is 0 Å². The summed E-state index contributed by atoms with van der Waals surface area (Å²) in [5, 5.41) is 4.05. The minimum atomic E-state index is -4.64. The Bertz CT molecular complexity index is 1300. The molecule has 0 spiro atoms. The summed E-state index contributed by atoms with van der Waals surface area (Å²) < 4.78 is 39.6. The van der Waals surface area contributed by atoms with Crippen LogP contribution in [-0.2, 0) is 20.6 Å². The van der Waals surface area contributed by atoms with Crippen molar-refractivity contribution < 1.29 is 27.6 Å². The maximum absolute atomic E-state index is 13.8. The minimum Gasteiger partial charge on any atom is -0.296 e. The van der Waals surface area contributed by atoms with E-state index in [-0.39, 0.29) is 11.4 Å². The largest absolute Gasteiger partial charge is 0.416 e. The number of benzene rings is 3. The second kappa shape index (κ2) is 8.50. The highest BCUT2D eigenvalue weighted by Crippen LogP contribution is 2.37. The summed E-state index contributed by atoms with van der Waals surface area (Å²) in [6.07, 6.45) is -4.64. The molecule has 6 nitrogen and oxygen atoms in total. The molecule has 1 saturated heterocycles. The lowest BCUT2D eigenvalue weighted by molar-refractivity contribution is -0.137. The molecule has 0 aromatic heterocycles. The molecule has 1 fully saturated rings. The Balaban J connectivity index is 1.50. The van der Waals surface area contributed by atoms with Crippen molar-refractivity contribution in [2.24, 2.45) is 11.0 Å². The third-order valence-electron chi connectivity index (χ3n) is 6.14. The highest BCUT2D eigenvalue weighted by molar-refractivity contribution is 6.50. The number of nitrogens with zero attached hydrogens (tertiary/aromatic N) is 2. The number of anilines is 1. The number of imide groups is 1. The summed E-state index contributed by atoms with van der Waals surface area (Å²) in [5.74, 6) is -4.03. The lowest BCUT2D eigenvalue weighted by Crippen LogP contribution is -2.36. The topological polar surface area (TPSA) is 78.8 Å². The quantitative estimate of drug-likeness (QED) is 0.565. The van der Waals surface area contributed by atoms with Gasteiger partial charge in [0.05, 0.1) is 17.2 Å². The third-order valence-corrected chi connectivity index (χ3v) is 6.14. The molecule has 0 bridgehead atoms. The Hall–Kier alpha value is -4.27. The van der Waals surface area contributed by atoms with E-state index in [1.165, 1.54) is 6.07 Å². The van der Waals surface area contributed by atoms with Gasteiger partial charge in [-0.1, -0.05) is 66.7 Å².